The minimum absolute atomic E-state index is 0.0913. The van der Waals surface area contributed by atoms with Crippen LogP contribution in [0.1, 0.15) is 87.6 Å². The molecule has 298 valence electrons. The van der Waals surface area contributed by atoms with Crippen LogP contribution in [0, 0.1) is 27.7 Å². The molecule has 3 aromatic heterocycles. The molecular weight excluding hydrogens is 759 g/mol. The second-order valence-corrected chi connectivity index (χ2v) is 16.7. The van der Waals surface area contributed by atoms with E-state index < -0.39 is 5.97 Å². The van der Waals surface area contributed by atoms with Crippen LogP contribution >= 0.6 is 23.2 Å². The van der Waals surface area contributed by atoms with Gasteiger partial charge in [-0.25, -0.2) is 4.79 Å². The van der Waals surface area contributed by atoms with E-state index in [0.717, 1.165) is 97.2 Å². The molecule has 1 N–H and O–H groups in total. The lowest BCUT2D eigenvalue weighted by Crippen LogP contribution is -2.44. The number of carboxylic acid groups (broad SMARTS) is 1. The molecule has 1 fully saturated rings. The zero-order valence-corrected chi connectivity index (χ0v) is 35.1. The SMILES string of the molecule is Cc1cc(OCCCc2c3n(c4c(-c5c(C)nn(C)c5C)c(Cl)ccc24)[C@H](C)CN(c2cc4cc(C(=O)O)ccc4n2CCN2CCCCC2)C3=O)cc(C)c1Cl. The Labute approximate surface area is 343 Å². The molecule has 10 nitrogen and oxygen atoms in total. The summed E-state index contributed by atoms with van der Waals surface area (Å²) in [6.07, 6.45) is 4.89. The van der Waals surface area contributed by atoms with Gasteiger partial charge in [0.05, 0.1) is 28.4 Å². The molecule has 1 amide bonds. The van der Waals surface area contributed by atoms with Crippen molar-refractivity contribution < 1.29 is 19.4 Å². The van der Waals surface area contributed by atoms with Crippen molar-refractivity contribution in [2.24, 2.45) is 7.05 Å². The fraction of sp³-hybridized carbons (Fsp3) is 0.400. The standard InChI is InChI=1S/C45H50Cl2N6O4/c1-26-21-33(22-27(2)41(26)47)57-20-10-11-34-35-13-14-36(46)40(39-29(4)48-49(6)30(39)5)42(35)53-28(3)25-52(44(54)43(34)53)38-24-32-23-31(45(55)56)12-15-37(32)51(38)19-18-50-16-8-7-9-17-50/h12-15,21-24,28H,7-11,16-20,25H2,1-6H3,(H,55,56)/t28-/m1/s1. The second-order valence-electron chi connectivity index (χ2n) is 15.9. The maximum Gasteiger partial charge on any atom is 0.335 e. The third-order valence-electron chi connectivity index (χ3n) is 12.1. The number of anilines is 1. The van der Waals surface area contributed by atoms with Crippen LogP contribution in [-0.4, -0.2) is 73.6 Å². The third kappa shape index (κ3) is 6.99. The number of carbonyl (C=O) groups is 2. The van der Waals surface area contributed by atoms with Gasteiger partial charge in [0, 0.05) is 70.9 Å². The maximum absolute atomic E-state index is 15.4. The molecule has 57 heavy (non-hydrogen) atoms. The number of amides is 1. The molecule has 2 aliphatic heterocycles. The number of likely N-dealkylation sites (tertiary alicyclic amines) is 1. The zero-order chi connectivity index (χ0) is 40.3. The first-order chi connectivity index (χ1) is 27.3. The van der Waals surface area contributed by atoms with Crippen molar-refractivity contribution in [3.8, 4) is 16.9 Å². The number of halogens is 2. The monoisotopic (exact) mass is 808 g/mol. The summed E-state index contributed by atoms with van der Waals surface area (Å²) < 4.78 is 12.6. The van der Waals surface area contributed by atoms with Gasteiger partial charge >= 0.3 is 5.97 Å². The van der Waals surface area contributed by atoms with Crippen LogP contribution in [-0.2, 0) is 20.0 Å². The Morgan fingerprint density at radius 2 is 1.68 bits per heavy atom. The van der Waals surface area contributed by atoms with E-state index in [9.17, 15) is 9.90 Å². The topological polar surface area (TPSA) is 97.8 Å². The Balaban J connectivity index is 1.25. The van der Waals surface area contributed by atoms with Crippen molar-refractivity contribution in [1.82, 2.24) is 23.8 Å². The Morgan fingerprint density at radius 3 is 2.37 bits per heavy atom. The smallest absolute Gasteiger partial charge is 0.335 e. The number of nitrogens with zero attached hydrogens (tertiary/aromatic N) is 6. The number of aromatic carboxylic acids is 1. The number of aryl methyl sites for hydroxylation is 5. The lowest BCUT2D eigenvalue weighted by Gasteiger charge is -2.35. The van der Waals surface area contributed by atoms with Gasteiger partial charge in [-0.1, -0.05) is 35.7 Å². The average Bonchev–Trinajstić information content (AvgIpc) is 3.81. The van der Waals surface area contributed by atoms with Crippen molar-refractivity contribution in [2.45, 2.75) is 79.3 Å². The highest BCUT2D eigenvalue weighted by molar-refractivity contribution is 6.35. The number of piperidine rings is 1. The van der Waals surface area contributed by atoms with Crippen LogP contribution in [0.3, 0.4) is 0 Å². The van der Waals surface area contributed by atoms with E-state index in [1.54, 1.807) is 12.1 Å². The number of ether oxygens (including phenoxy) is 1. The van der Waals surface area contributed by atoms with Gasteiger partial charge in [0.2, 0.25) is 0 Å². The van der Waals surface area contributed by atoms with Gasteiger partial charge in [0.15, 0.2) is 0 Å². The molecule has 0 bridgehead atoms. The third-order valence-corrected chi connectivity index (χ3v) is 13.0. The summed E-state index contributed by atoms with van der Waals surface area (Å²) in [5, 5.41) is 17.8. The molecule has 0 aliphatic carbocycles. The van der Waals surface area contributed by atoms with Crippen LogP contribution < -0.4 is 9.64 Å². The number of hydrogen-bond acceptors (Lipinski definition) is 5. The van der Waals surface area contributed by atoms with Gasteiger partial charge in [-0.15, -0.1) is 0 Å². The minimum atomic E-state index is -0.977. The van der Waals surface area contributed by atoms with Crippen LogP contribution in [0.2, 0.25) is 10.0 Å². The van der Waals surface area contributed by atoms with Gasteiger partial charge in [-0.2, -0.15) is 5.10 Å². The van der Waals surface area contributed by atoms with Crippen LogP contribution in [0.15, 0.2) is 48.5 Å². The molecule has 0 spiro atoms. The summed E-state index contributed by atoms with van der Waals surface area (Å²) in [5.74, 6) is 0.480. The number of benzene rings is 3. The summed E-state index contributed by atoms with van der Waals surface area (Å²) in [5.41, 5.74) is 9.35. The van der Waals surface area contributed by atoms with E-state index in [2.05, 4.69) is 33.9 Å². The lowest BCUT2D eigenvalue weighted by molar-refractivity contribution is 0.0696. The summed E-state index contributed by atoms with van der Waals surface area (Å²) in [7, 11) is 1.94. The number of hydrogen-bond donors (Lipinski definition) is 1. The first-order valence-electron chi connectivity index (χ1n) is 20.0. The molecule has 0 saturated carbocycles. The van der Waals surface area contributed by atoms with Crippen LogP contribution in [0.5, 0.6) is 5.75 Å². The first kappa shape index (κ1) is 39.1. The minimum Gasteiger partial charge on any atom is -0.494 e. The van der Waals surface area contributed by atoms with Gasteiger partial charge < -0.3 is 23.9 Å². The lowest BCUT2D eigenvalue weighted by atomic mass is 9.98. The molecule has 6 aromatic rings. The molecule has 2 aliphatic rings. The zero-order valence-electron chi connectivity index (χ0n) is 33.6. The molecule has 0 unspecified atom stereocenters. The average molecular weight is 810 g/mol. The van der Waals surface area contributed by atoms with Crippen molar-refractivity contribution in [2.75, 3.05) is 37.7 Å². The molecule has 1 atom stereocenters. The molecule has 5 heterocycles. The molecule has 0 radical (unpaired) electrons. The Bertz CT molecular complexity index is 2540. The summed E-state index contributed by atoms with van der Waals surface area (Å²) in [6.45, 7) is 14.7. The van der Waals surface area contributed by atoms with E-state index in [1.807, 2.05) is 67.7 Å². The molecule has 1 saturated heterocycles. The number of rotatable bonds is 11. The number of aromatic nitrogens is 4. The Morgan fingerprint density at radius 1 is 0.947 bits per heavy atom. The van der Waals surface area contributed by atoms with Gasteiger partial charge in [0.1, 0.15) is 17.3 Å². The fourth-order valence-electron chi connectivity index (χ4n) is 9.20. The predicted octanol–water partition coefficient (Wildman–Crippen LogP) is 9.95. The molecule has 3 aromatic carbocycles. The second kappa shape index (κ2) is 15.5. The van der Waals surface area contributed by atoms with E-state index in [4.69, 9.17) is 33.0 Å². The highest BCUT2D eigenvalue weighted by Crippen LogP contribution is 2.45. The summed E-state index contributed by atoms with van der Waals surface area (Å²) >= 11 is 13.6. The fourth-order valence-corrected chi connectivity index (χ4v) is 9.56. The molecular formula is C45H50Cl2N6O4. The van der Waals surface area contributed by atoms with Gasteiger partial charge in [-0.3, -0.25) is 14.4 Å². The summed E-state index contributed by atoms with van der Waals surface area (Å²) in [4.78, 5) is 31.8. The van der Waals surface area contributed by atoms with Gasteiger partial charge in [-0.05, 0) is 133 Å². The molecule has 8 rings (SSSR count). The van der Waals surface area contributed by atoms with E-state index in [1.165, 1.54) is 19.3 Å². The highest BCUT2D eigenvalue weighted by atomic mass is 35.5. The largest absolute Gasteiger partial charge is 0.494 e. The van der Waals surface area contributed by atoms with Crippen molar-refractivity contribution in [1.29, 1.82) is 0 Å². The summed E-state index contributed by atoms with van der Waals surface area (Å²) in [6, 6.07) is 15.1. The van der Waals surface area contributed by atoms with Crippen molar-refractivity contribution in [3.63, 3.8) is 0 Å². The number of carboxylic acids is 1. The highest BCUT2D eigenvalue weighted by Gasteiger charge is 2.38. The predicted molar refractivity (Wildman–Crippen MR) is 229 cm³/mol. The maximum atomic E-state index is 15.4. The van der Waals surface area contributed by atoms with E-state index in [0.29, 0.717) is 43.3 Å². The van der Waals surface area contributed by atoms with Crippen LogP contribution in [0.25, 0.3) is 32.9 Å². The quantitative estimate of drug-likeness (QED) is 0.131. The van der Waals surface area contributed by atoms with Crippen molar-refractivity contribution in [3.05, 3.63) is 97.9 Å². The van der Waals surface area contributed by atoms with E-state index >= 15 is 4.79 Å². The Hall–Kier alpha value is -4.77. The number of fused-ring (bicyclic) bond motifs is 4. The Kier molecular flexibility index (Phi) is 10.6. The van der Waals surface area contributed by atoms with Crippen LogP contribution in [0.4, 0.5) is 5.82 Å². The van der Waals surface area contributed by atoms with Crippen molar-refractivity contribution >= 4 is 62.7 Å². The normalized spacial score (nSPS) is 16.2. The van der Waals surface area contributed by atoms with E-state index in [-0.39, 0.29) is 17.5 Å². The molecule has 12 heteroatoms. The number of carbonyl (C=O) groups excluding carboxylic acids is 1. The first-order valence-corrected chi connectivity index (χ1v) is 20.8. The van der Waals surface area contributed by atoms with Gasteiger partial charge in [0.25, 0.3) is 5.91 Å².